The van der Waals surface area contributed by atoms with Crippen LogP contribution >= 0.6 is 0 Å². The minimum atomic E-state index is 0.523. The molecule has 0 unspecified atom stereocenters. The molecular weight excluding hydrogens is 186 g/mol. The van der Waals surface area contributed by atoms with Crippen molar-refractivity contribution in [1.29, 1.82) is 0 Å². The van der Waals surface area contributed by atoms with Gasteiger partial charge in [-0.15, -0.1) is 0 Å². The van der Waals surface area contributed by atoms with Crippen LogP contribution in [0.15, 0.2) is 30.5 Å². The van der Waals surface area contributed by atoms with Gasteiger partial charge in [0.05, 0.1) is 11.9 Å². The van der Waals surface area contributed by atoms with Gasteiger partial charge in [0, 0.05) is 19.2 Å². The molecule has 2 aromatic rings. The lowest BCUT2D eigenvalue weighted by Crippen LogP contribution is -2.04. The van der Waals surface area contributed by atoms with Crippen molar-refractivity contribution in [2.75, 3.05) is 0 Å². The molecule has 0 fully saturated rings. The Bertz CT molecular complexity index is 454. The molecule has 3 nitrogen and oxygen atoms in total. The van der Waals surface area contributed by atoms with Crippen molar-refractivity contribution >= 4 is 0 Å². The van der Waals surface area contributed by atoms with Gasteiger partial charge in [-0.3, -0.25) is 0 Å². The highest BCUT2D eigenvalue weighted by molar-refractivity contribution is 5.56. The summed E-state index contributed by atoms with van der Waals surface area (Å²) in [7, 11) is 1.99. The van der Waals surface area contributed by atoms with Crippen LogP contribution in [-0.2, 0) is 13.6 Å². The molecule has 0 aliphatic rings. The number of rotatable bonds is 2. The molecule has 0 atom stereocenters. The fraction of sp³-hybridized carbons (Fsp3) is 0.250. The van der Waals surface area contributed by atoms with E-state index in [1.54, 1.807) is 0 Å². The smallest absolute Gasteiger partial charge is 0.139 e. The number of hydrogen-bond donors (Lipinski definition) is 1. The van der Waals surface area contributed by atoms with E-state index in [4.69, 9.17) is 5.73 Å². The van der Waals surface area contributed by atoms with Gasteiger partial charge in [0.15, 0.2) is 0 Å². The van der Waals surface area contributed by atoms with Gasteiger partial charge >= 0.3 is 0 Å². The molecule has 1 heterocycles. The van der Waals surface area contributed by atoms with Crippen molar-refractivity contribution in [2.45, 2.75) is 13.5 Å². The van der Waals surface area contributed by atoms with Crippen LogP contribution in [-0.4, -0.2) is 9.55 Å². The van der Waals surface area contributed by atoms with Crippen LogP contribution < -0.4 is 5.73 Å². The van der Waals surface area contributed by atoms with Crippen molar-refractivity contribution in [3.05, 3.63) is 41.7 Å². The van der Waals surface area contributed by atoms with Crippen LogP contribution in [0.1, 0.15) is 11.3 Å². The predicted octanol–water partition coefficient (Wildman–Crippen LogP) is 1.85. The van der Waals surface area contributed by atoms with Crippen molar-refractivity contribution in [1.82, 2.24) is 9.55 Å². The molecule has 0 radical (unpaired) electrons. The van der Waals surface area contributed by atoms with E-state index in [0.717, 1.165) is 17.1 Å². The Morgan fingerprint density at radius 2 is 1.93 bits per heavy atom. The molecule has 2 N–H and O–H groups in total. The molecule has 1 aromatic heterocycles. The third kappa shape index (κ3) is 1.78. The van der Waals surface area contributed by atoms with E-state index in [-0.39, 0.29) is 0 Å². The van der Waals surface area contributed by atoms with Crippen molar-refractivity contribution < 1.29 is 0 Å². The normalized spacial score (nSPS) is 10.6. The maximum Gasteiger partial charge on any atom is 0.139 e. The van der Waals surface area contributed by atoms with Gasteiger partial charge in [0.2, 0.25) is 0 Å². The van der Waals surface area contributed by atoms with E-state index in [0.29, 0.717) is 6.54 Å². The number of aromatic nitrogens is 2. The lowest BCUT2D eigenvalue weighted by atomic mass is 10.1. The zero-order valence-corrected chi connectivity index (χ0v) is 9.07. The predicted molar refractivity (Wildman–Crippen MR) is 61.3 cm³/mol. The van der Waals surface area contributed by atoms with E-state index in [1.807, 2.05) is 17.8 Å². The second-order valence-corrected chi connectivity index (χ2v) is 3.70. The van der Waals surface area contributed by atoms with Crippen LogP contribution in [0.5, 0.6) is 0 Å². The Labute approximate surface area is 89.6 Å². The summed E-state index contributed by atoms with van der Waals surface area (Å²) in [5.41, 5.74) is 9.04. The molecule has 78 valence electrons. The molecule has 0 saturated heterocycles. The van der Waals surface area contributed by atoms with Gasteiger partial charge in [-0.05, 0) is 6.92 Å². The molecule has 0 aliphatic heterocycles. The summed E-state index contributed by atoms with van der Waals surface area (Å²) >= 11 is 0. The standard InChI is InChI=1S/C12H15N3/c1-9-3-5-10(6-4-9)12-14-8-11(7-13)15(12)2/h3-6,8H,7,13H2,1-2H3. The molecule has 0 spiro atoms. The Morgan fingerprint density at radius 1 is 1.27 bits per heavy atom. The van der Waals surface area contributed by atoms with Crippen molar-refractivity contribution in [3.63, 3.8) is 0 Å². The summed E-state index contributed by atoms with van der Waals surface area (Å²) in [5, 5.41) is 0. The SMILES string of the molecule is Cc1ccc(-c2ncc(CN)n2C)cc1. The average molecular weight is 201 g/mol. The Balaban J connectivity index is 2.45. The Kier molecular flexibility index (Phi) is 2.56. The fourth-order valence-corrected chi connectivity index (χ4v) is 1.61. The fourth-order valence-electron chi connectivity index (χ4n) is 1.61. The van der Waals surface area contributed by atoms with Gasteiger partial charge in [0.25, 0.3) is 0 Å². The maximum absolute atomic E-state index is 5.61. The number of aryl methyl sites for hydroxylation is 1. The van der Waals surface area contributed by atoms with Crippen LogP contribution in [0.4, 0.5) is 0 Å². The lowest BCUT2D eigenvalue weighted by Gasteiger charge is -2.04. The van der Waals surface area contributed by atoms with Gasteiger partial charge in [0.1, 0.15) is 5.82 Å². The molecule has 0 aliphatic carbocycles. The average Bonchev–Trinajstić information content (AvgIpc) is 2.61. The molecule has 0 saturated carbocycles. The zero-order chi connectivity index (χ0) is 10.8. The van der Waals surface area contributed by atoms with Crippen LogP contribution in [0.3, 0.4) is 0 Å². The van der Waals surface area contributed by atoms with Crippen LogP contribution in [0.25, 0.3) is 11.4 Å². The van der Waals surface area contributed by atoms with E-state index >= 15 is 0 Å². The highest BCUT2D eigenvalue weighted by Gasteiger charge is 2.06. The number of benzene rings is 1. The third-order valence-electron chi connectivity index (χ3n) is 2.60. The first-order valence-corrected chi connectivity index (χ1v) is 5.00. The third-order valence-corrected chi connectivity index (χ3v) is 2.60. The number of imidazole rings is 1. The topological polar surface area (TPSA) is 43.8 Å². The number of hydrogen-bond acceptors (Lipinski definition) is 2. The number of nitrogens with zero attached hydrogens (tertiary/aromatic N) is 2. The molecular formula is C12H15N3. The largest absolute Gasteiger partial charge is 0.330 e. The Morgan fingerprint density at radius 3 is 2.47 bits per heavy atom. The van der Waals surface area contributed by atoms with E-state index in [9.17, 15) is 0 Å². The summed E-state index contributed by atoms with van der Waals surface area (Å²) in [5.74, 6) is 0.968. The highest BCUT2D eigenvalue weighted by atomic mass is 15.1. The molecule has 15 heavy (non-hydrogen) atoms. The summed E-state index contributed by atoms with van der Waals surface area (Å²) in [6.45, 7) is 2.60. The van der Waals surface area contributed by atoms with Crippen LogP contribution in [0.2, 0.25) is 0 Å². The van der Waals surface area contributed by atoms with Gasteiger partial charge < -0.3 is 10.3 Å². The second-order valence-electron chi connectivity index (χ2n) is 3.70. The monoisotopic (exact) mass is 201 g/mol. The van der Waals surface area contributed by atoms with Gasteiger partial charge in [-0.25, -0.2) is 4.98 Å². The molecule has 1 aromatic carbocycles. The van der Waals surface area contributed by atoms with Gasteiger partial charge in [-0.2, -0.15) is 0 Å². The first-order valence-electron chi connectivity index (χ1n) is 5.00. The van der Waals surface area contributed by atoms with Crippen LogP contribution in [0, 0.1) is 6.92 Å². The molecule has 0 bridgehead atoms. The zero-order valence-electron chi connectivity index (χ0n) is 9.07. The summed E-state index contributed by atoms with van der Waals surface area (Å²) in [6, 6.07) is 8.34. The van der Waals surface area contributed by atoms with Crippen molar-refractivity contribution in [2.24, 2.45) is 12.8 Å². The Hall–Kier alpha value is -1.61. The van der Waals surface area contributed by atoms with E-state index in [2.05, 4.69) is 36.2 Å². The first kappa shape index (κ1) is 9.93. The summed E-state index contributed by atoms with van der Waals surface area (Å²) in [4.78, 5) is 4.37. The summed E-state index contributed by atoms with van der Waals surface area (Å²) < 4.78 is 2.03. The molecule has 2 rings (SSSR count). The molecule has 3 heteroatoms. The quantitative estimate of drug-likeness (QED) is 0.806. The van der Waals surface area contributed by atoms with Crippen molar-refractivity contribution in [3.8, 4) is 11.4 Å². The molecule has 0 amide bonds. The summed E-state index contributed by atoms with van der Waals surface area (Å²) in [6.07, 6.45) is 1.83. The highest BCUT2D eigenvalue weighted by Crippen LogP contribution is 2.18. The number of nitrogens with two attached hydrogens (primary N) is 1. The lowest BCUT2D eigenvalue weighted by molar-refractivity contribution is 0.828. The minimum Gasteiger partial charge on any atom is -0.330 e. The second kappa shape index (κ2) is 3.87. The van der Waals surface area contributed by atoms with E-state index in [1.165, 1.54) is 5.56 Å². The maximum atomic E-state index is 5.61. The van der Waals surface area contributed by atoms with E-state index < -0.39 is 0 Å². The minimum absolute atomic E-state index is 0.523. The first-order chi connectivity index (χ1) is 7.22. The van der Waals surface area contributed by atoms with Gasteiger partial charge in [-0.1, -0.05) is 29.8 Å².